The van der Waals surface area contributed by atoms with Crippen molar-refractivity contribution in [2.45, 2.75) is 33.1 Å². The Morgan fingerprint density at radius 1 is 1.00 bits per heavy atom. The molecule has 0 spiro atoms. The zero-order valence-electron chi connectivity index (χ0n) is 14.0. The molecule has 0 atom stereocenters. The second kappa shape index (κ2) is 5.52. The molecule has 2 heterocycles. The molecule has 0 radical (unpaired) electrons. The third-order valence-corrected chi connectivity index (χ3v) is 4.92. The summed E-state index contributed by atoms with van der Waals surface area (Å²) in [7, 11) is 0. The van der Waals surface area contributed by atoms with E-state index in [1.54, 1.807) is 0 Å². The van der Waals surface area contributed by atoms with E-state index in [9.17, 15) is 0 Å². The average molecular weight is 306 g/mol. The van der Waals surface area contributed by atoms with Crippen LogP contribution in [0.4, 0.5) is 0 Å². The monoisotopic (exact) mass is 306 g/mol. The summed E-state index contributed by atoms with van der Waals surface area (Å²) in [4.78, 5) is 2.54. The van der Waals surface area contributed by atoms with Crippen LogP contribution in [0.25, 0.3) is 16.8 Å². The number of hydrogen-bond acceptors (Lipinski definition) is 1. The van der Waals surface area contributed by atoms with Gasteiger partial charge in [0.2, 0.25) is 0 Å². The van der Waals surface area contributed by atoms with Crippen LogP contribution >= 0.6 is 0 Å². The molecule has 2 nitrogen and oxygen atoms in total. The normalized spacial score (nSPS) is 19.4. The van der Waals surface area contributed by atoms with E-state index >= 15 is 0 Å². The van der Waals surface area contributed by atoms with Crippen molar-refractivity contribution in [1.29, 1.82) is 0 Å². The number of allylic oxidation sites excluding steroid dienone is 1. The van der Waals surface area contributed by atoms with Gasteiger partial charge in [0.05, 0.1) is 12.1 Å². The fourth-order valence-corrected chi connectivity index (χ4v) is 3.86. The molecular formula is C21H24NO+. The zero-order valence-corrected chi connectivity index (χ0v) is 14.0. The van der Waals surface area contributed by atoms with Crippen LogP contribution in [0.15, 0.2) is 53.2 Å². The molecule has 0 amide bonds. The highest BCUT2D eigenvalue weighted by atomic mass is 16.3. The summed E-state index contributed by atoms with van der Waals surface area (Å²) in [5.74, 6) is 1.13. The quantitative estimate of drug-likeness (QED) is 0.704. The van der Waals surface area contributed by atoms with E-state index in [0.717, 1.165) is 25.3 Å². The first-order valence-corrected chi connectivity index (χ1v) is 8.61. The lowest BCUT2D eigenvalue weighted by molar-refractivity contribution is 0.374. The standard InChI is InChI=1S/C21H24NO/c1-21(2)14-18(22-11-6-7-12-22)20-17(10-13-23-19(20)15-21)16-8-4-3-5-9-16/h3-5,8-10,13-14H,6-7,11-12,15H2,1-2H3/q+1. The molecule has 118 valence electrons. The molecule has 1 aromatic heterocycles. The van der Waals surface area contributed by atoms with Crippen LogP contribution < -0.4 is 0 Å². The molecule has 2 heteroatoms. The SMILES string of the molecule is CC1(C)C=C(N2CCCC2)c2c(-c3ccccc3)cc[o+]c2C1. The van der Waals surface area contributed by atoms with Crippen molar-refractivity contribution in [3.05, 3.63) is 60.1 Å². The Kier molecular flexibility index (Phi) is 3.48. The minimum Gasteiger partial charge on any atom is -0.371 e. The Morgan fingerprint density at radius 2 is 1.74 bits per heavy atom. The lowest BCUT2D eigenvalue weighted by Crippen LogP contribution is -2.26. The number of hydrogen-bond donors (Lipinski definition) is 0. The summed E-state index contributed by atoms with van der Waals surface area (Å²) in [6.45, 7) is 6.92. The Labute approximate surface area is 138 Å². The molecule has 1 aliphatic carbocycles. The molecule has 0 N–H and O–H groups in total. The van der Waals surface area contributed by atoms with E-state index in [1.165, 1.54) is 35.2 Å². The summed E-state index contributed by atoms with van der Waals surface area (Å²) >= 11 is 0. The van der Waals surface area contributed by atoms with Gasteiger partial charge in [0.15, 0.2) is 0 Å². The smallest absolute Gasteiger partial charge is 0.339 e. The van der Waals surface area contributed by atoms with Gasteiger partial charge < -0.3 is 4.90 Å². The molecule has 0 bridgehead atoms. The van der Waals surface area contributed by atoms with Crippen molar-refractivity contribution < 1.29 is 4.42 Å². The van der Waals surface area contributed by atoms with Gasteiger partial charge in [0.25, 0.3) is 0 Å². The van der Waals surface area contributed by atoms with Gasteiger partial charge in [-0.25, -0.2) is 4.42 Å². The summed E-state index contributed by atoms with van der Waals surface area (Å²) in [6.07, 6.45) is 7.85. The van der Waals surface area contributed by atoms with E-state index in [2.05, 4.69) is 61.2 Å². The van der Waals surface area contributed by atoms with Gasteiger partial charge in [-0.1, -0.05) is 50.3 Å². The molecule has 1 aromatic carbocycles. The molecule has 0 unspecified atom stereocenters. The van der Waals surface area contributed by atoms with Crippen molar-refractivity contribution in [1.82, 2.24) is 4.90 Å². The van der Waals surface area contributed by atoms with E-state index in [0.29, 0.717) is 0 Å². The van der Waals surface area contributed by atoms with Crippen molar-refractivity contribution in [3.63, 3.8) is 0 Å². The minimum atomic E-state index is 0.143. The highest BCUT2D eigenvalue weighted by molar-refractivity contribution is 5.82. The van der Waals surface area contributed by atoms with Gasteiger partial charge in [-0.2, -0.15) is 0 Å². The Balaban J connectivity index is 1.91. The largest absolute Gasteiger partial charge is 0.371 e. The van der Waals surface area contributed by atoms with Crippen molar-refractivity contribution in [2.75, 3.05) is 13.1 Å². The van der Waals surface area contributed by atoms with Crippen LogP contribution in [0.2, 0.25) is 0 Å². The van der Waals surface area contributed by atoms with Crippen LogP contribution in [-0.4, -0.2) is 18.0 Å². The average Bonchev–Trinajstić information content (AvgIpc) is 3.08. The minimum absolute atomic E-state index is 0.143. The predicted octanol–water partition coefficient (Wildman–Crippen LogP) is 5.25. The molecule has 23 heavy (non-hydrogen) atoms. The fraction of sp³-hybridized carbons (Fsp3) is 0.381. The van der Waals surface area contributed by atoms with Crippen LogP contribution in [0.1, 0.15) is 38.0 Å². The fourth-order valence-electron chi connectivity index (χ4n) is 3.86. The Morgan fingerprint density at radius 3 is 2.48 bits per heavy atom. The van der Waals surface area contributed by atoms with Gasteiger partial charge in [0, 0.05) is 24.7 Å². The first-order valence-electron chi connectivity index (χ1n) is 8.61. The number of fused-ring (bicyclic) bond motifs is 1. The third-order valence-electron chi connectivity index (χ3n) is 4.92. The topological polar surface area (TPSA) is 14.5 Å². The molecule has 2 aliphatic rings. The molecule has 4 rings (SSSR count). The number of likely N-dealkylation sites (tertiary alicyclic amines) is 1. The molecule has 1 aliphatic heterocycles. The lowest BCUT2D eigenvalue weighted by atomic mass is 9.78. The maximum absolute atomic E-state index is 5.97. The summed E-state index contributed by atoms with van der Waals surface area (Å²) in [5.41, 5.74) is 5.38. The predicted molar refractivity (Wildman–Crippen MR) is 94.8 cm³/mol. The van der Waals surface area contributed by atoms with Crippen LogP contribution in [0, 0.1) is 5.41 Å². The maximum Gasteiger partial charge on any atom is 0.339 e. The highest BCUT2D eigenvalue weighted by Gasteiger charge is 2.37. The molecule has 1 saturated heterocycles. The first-order chi connectivity index (χ1) is 11.1. The van der Waals surface area contributed by atoms with Crippen LogP contribution in [0.5, 0.6) is 0 Å². The van der Waals surface area contributed by atoms with Gasteiger partial charge in [-0.3, -0.25) is 0 Å². The Hall–Kier alpha value is -2.09. The summed E-state index contributed by atoms with van der Waals surface area (Å²) in [6, 6.07) is 12.8. The number of benzene rings is 1. The van der Waals surface area contributed by atoms with E-state index in [-0.39, 0.29) is 5.41 Å². The van der Waals surface area contributed by atoms with E-state index < -0.39 is 0 Å². The second-order valence-corrected chi connectivity index (χ2v) is 7.39. The zero-order chi connectivity index (χ0) is 15.9. The van der Waals surface area contributed by atoms with E-state index in [4.69, 9.17) is 4.42 Å². The highest BCUT2D eigenvalue weighted by Crippen LogP contribution is 2.43. The van der Waals surface area contributed by atoms with Gasteiger partial charge in [-0.05, 0) is 23.8 Å². The maximum atomic E-state index is 5.97. The van der Waals surface area contributed by atoms with Gasteiger partial charge in [-0.15, -0.1) is 0 Å². The number of rotatable bonds is 2. The summed E-state index contributed by atoms with van der Waals surface area (Å²) in [5, 5.41) is 0. The van der Waals surface area contributed by atoms with Crippen LogP contribution in [0.3, 0.4) is 0 Å². The molecule has 0 saturated carbocycles. The number of nitrogens with zero attached hydrogens (tertiary/aromatic N) is 1. The van der Waals surface area contributed by atoms with Gasteiger partial charge >= 0.3 is 12.0 Å². The molecule has 1 fully saturated rings. The third kappa shape index (κ3) is 2.67. The lowest BCUT2D eigenvalue weighted by Gasteiger charge is -2.31. The van der Waals surface area contributed by atoms with Crippen molar-refractivity contribution in [3.8, 4) is 11.1 Å². The van der Waals surface area contributed by atoms with Crippen LogP contribution in [-0.2, 0) is 6.42 Å². The second-order valence-electron chi connectivity index (χ2n) is 7.39. The van der Waals surface area contributed by atoms with Crippen molar-refractivity contribution in [2.24, 2.45) is 5.41 Å². The molecular weight excluding hydrogens is 282 g/mol. The van der Waals surface area contributed by atoms with Gasteiger partial charge in [0.1, 0.15) is 5.56 Å². The summed E-state index contributed by atoms with van der Waals surface area (Å²) < 4.78 is 5.97. The first kappa shape index (κ1) is 14.5. The Bertz CT molecular complexity index is 740. The van der Waals surface area contributed by atoms with E-state index in [1.807, 2.05) is 6.26 Å². The molecule has 2 aromatic rings. The van der Waals surface area contributed by atoms with Crippen molar-refractivity contribution >= 4 is 5.70 Å².